The van der Waals surface area contributed by atoms with Gasteiger partial charge in [0.05, 0.1) is 13.8 Å². The molecule has 0 unspecified atom stereocenters. The first-order valence-electron chi connectivity index (χ1n) is 14.6. The smallest absolute Gasteiger partial charge is 0.408 e. The van der Waals surface area contributed by atoms with E-state index in [2.05, 4.69) is 51.0 Å². The van der Waals surface area contributed by atoms with Crippen molar-refractivity contribution in [2.24, 2.45) is 11.8 Å². The van der Waals surface area contributed by atoms with Crippen molar-refractivity contribution in [1.29, 1.82) is 0 Å². The monoisotopic (exact) mass is 570 g/mol. The van der Waals surface area contributed by atoms with Crippen LogP contribution in [-0.4, -0.2) is 47.2 Å². The fourth-order valence-corrected chi connectivity index (χ4v) is 5.64. The number of nitrogens with zero attached hydrogens (tertiary/aromatic N) is 2. The van der Waals surface area contributed by atoms with Crippen LogP contribution in [0.4, 0.5) is 10.5 Å². The maximum absolute atomic E-state index is 13.5. The molecule has 1 aromatic carbocycles. The predicted octanol–water partition coefficient (Wildman–Crippen LogP) is 7.07. The van der Waals surface area contributed by atoms with Gasteiger partial charge in [-0.05, 0) is 83.9 Å². The number of hydrogen-bond acceptors (Lipinski definition) is 5. The maximum Gasteiger partial charge on any atom is 0.408 e. The molecule has 1 aromatic heterocycles. The van der Waals surface area contributed by atoms with Crippen LogP contribution < -0.4 is 10.6 Å². The molecule has 1 fully saturated rings. The lowest BCUT2D eigenvalue weighted by Crippen LogP contribution is -2.50. The standard InChI is InChI=1S/C31H50N4O4Si/c1-20-11-13-25(14-12-20)28(33-30(37)39-31(5,6)7)29(36)32-26-17-15-24(16-18-26)27-21(2)34-35(22(27)3)19-38-23(4)40(8,9)10/h15-18,20,23,25,28H,11-14,19H2,1-10H3,(H,32,36)(H,33,37)/t20?,23-,25?,28-/m0/s1. The molecular formula is C31H50N4O4Si. The number of carbonyl (C=O) groups excluding carboxylic acids is 2. The number of anilines is 1. The number of nitrogens with one attached hydrogen (secondary N) is 2. The second-order valence-corrected chi connectivity index (χ2v) is 19.1. The van der Waals surface area contributed by atoms with Gasteiger partial charge in [0.25, 0.3) is 0 Å². The summed E-state index contributed by atoms with van der Waals surface area (Å²) in [7, 11) is -1.39. The molecule has 3 rings (SSSR count). The Morgan fingerprint density at radius 2 is 1.68 bits per heavy atom. The van der Waals surface area contributed by atoms with Crippen LogP contribution >= 0.6 is 0 Å². The van der Waals surface area contributed by atoms with Crippen molar-refractivity contribution in [1.82, 2.24) is 15.1 Å². The normalized spacial score (nSPS) is 19.6. The van der Waals surface area contributed by atoms with Gasteiger partial charge in [0, 0.05) is 22.7 Å². The molecule has 0 spiro atoms. The van der Waals surface area contributed by atoms with Crippen molar-refractivity contribution in [2.75, 3.05) is 5.32 Å². The van der Waals surface area contributed by atoms with Gasteiger partial charge in [0.2, 0.25) is 5.91 Å². The molecule has 0 radical (unpaired) electrons. The molecule has 2 N–H and O–H groups in total. The van der Waals surface area contributed by atoms with Crippen LogP contribution in [0.25, 0.3) is 11.1 Å². The molecule has 0 aliphatic heterocycles. The Bertz CT molecular complexity index is 1160. The van der Waals surface area contributed by atoms with E-state index < -0.39 is 25.8 Å². The van der Waals surface area contributed by atoms with Gasteiger partial charge < -0.3 is 20.1 Å². The summed E-state index contributed by atoms with van der Waals surface area (Å²) in [6, 6.07) is 7.16. The second-order valence-electron chi connectivity index (χ2n) is 13.6. The van der Waals surface area contributed by atoms with Gasteiger partial charge in [0.15, 0.2) is 0 Å². The molecule has 8 nitrogen and oxygen atoms in total. The summed E-state index contributed by atoms with van der Waals surface area (Å²) in [6.07, 6.45) is 3.34. The van der Waals surface area contributed by atoms with Crippen molar-refractivity contribution in [3.05, 3.63) is 35.7 Å². The zero-order valence-corrected chi connectivity index (χ0v) is 27.2. The molecule has 2 amide bonds. The minimum Gasteiger partial charge on any atom is -0.444 e. The highest BCUT2D eigenvalue weighted by Gasteiger charge is 2.34. The Labute approximate surface area is 241 Å². The molecule has 0 saturated heterocycles. The summed E-state index contributed by atoms with van der Waals surface area (Å²) in [6.45, 7) is 21.2. The zero-order valence-electron chi connectivity index (χ0n) is 26.2. The van der Waals surface area contributed by atoms with E-state index in [1.54, 1.807) is 0 Å². The number of benzene rings is 1. The zero-order chi connectivity index (χ0) is 29.8. The lowest BCUT2D eigenvalue weighted by molar-refractivity contribution is -0.119. The summed E-state index contributed by atoms with van der Waals surface area (Å²) >= 11 is 0. The number of hydrogen-bond donors (Lipinski definition) is 2. The van der Waals surface area contributed by atoms with Gasteiger partial charge in [-0.25, -0.2) is 9.48 Å². The summed E-state index contributed by atoms with van der Waals surface area (Å²) in [4.78, 5) is 26.1. The van der Waals surface area contributed by atoms with E-state index in [1.807, 2.05) is 56.6 Å². The molecule has 1 saturated carbocycles. The highest BCUT2D eigenvalue weighted by Crippen LogP contribution is 2.32. The molecule has 2 atom stereocenters. The quantitative estimate of drug-likeness (QED) is 0.315. The highest BCUT2D eigenvalue weighted by molar-refractivity contribution is 6.77. The summed E-state index contributed by atoms with van der Waals surface area (Å²) in [5.41, 5.74) is 4.37. The van der Waals surface area contributed by atoms with Crippen LogP contribution in [0.5, 0.6) is 0 Å². The van der Waals surface area contributed by atoms with E-state index >= 15 is 0 Å². The van der Waals surface area contributed by atoms with Gasteiger partial charge in [-0.1, -0.05) is 51.5 Å². The molecular weight excluding hydrogens is 520 g/mol. The first-order valence-corrected chi connectivity index (χ1v) is 18.2. The third-order valence-electron chi connectivity index (χ3n) is 7.98. The maximum atomic E-state index is 13.5. The number of ether oxygens (including phenoxy) is 2. The molecule has 9 heteroatoms. The third-order valence-corrected chi connectivity index (χ3v) is 10.6. The molecule has 2 aromatic rings. The Kier molecular flexibility index (Phi) is 10.3. The Hall–Kier alpha value is -2.65. The van der Waals surface area contributed by atoms with Crippen molar-refractivity contribution < 1.29 is 19.1 Å². The number of carbonyl (C=O) groups is 2. The predicted molar refractivity (Wildman–Crippen MR) is 164 cm³/mol. The van der Waals surface area contributed by atoms with E-state index in [-0.39, 0.29) is 17.6 Å². The SMILES string of the molecule is Cc1nn(CO[C@H](C)[Si](C)(C)C)c(C)c1-c1ccc(NC(=O)[C@@H](NC(=O)OC(C)(C)C)C2CCC(C)CC2)cc1. The Morgan fingerprint density at radius 3 is 2.23 bits per heavy atom. The van der Waals surface area contributed by atoms with E-state index in [1.165, 1.54) is 0 Å². The van der Waals surface area contributed by atoms with E-state index in [9.17, 15) is 9.59 Å². The molecule has 0 bridgehead atoms. The fraction of sp³-hybridized carbons (Fsp3) is 0.645. The lowest BCUT2D eigenvalue weighted by atomic mass is 9.79. The van der Waals surface area contributed by atoms with Crippen molar-refractivity contribution in [3.8, 4) is 11.1 Å². The fourth-order valence-electron chi connectivity index (χ4n) is 5.06. The van der Waals surface area contributed by atoms with Crippen LogP contribution in [0.1, 0.15) is 71.7 Å². The highest BCUT2D eigenvalue weighted by atomic mass is 28.3. The average molecular weight is 571 g/mol. The topological polar surface area (TPSA) is 94.5 Å². The average Bonchev–Trinajstić information content (AvgIpc) is 3.13. The van der Waals surface area contributed by atoms with Gasteiger partial charge in [0.1, 0.15) is 18.4 Å². The van der Waals surface area contributed by atoms with Crippen molar-refractivity contribution in [2.45, 2.75) is 118 Å². The summed E-state index contributed by atoms with van der Waals surface area (Å²) in [5.74, 6) is 0.498. The molecule has 1 heterocycles. The largest absolute Gasteiger partial charge is 0.444 e. The van der Waals surface area contributed by atoms with Crippen LogP contribution in [0.15, 0.2) is 24.3 Å². The first-order chi connectivity index (χ1) is 18.5. The minimum absolute atomic E-state index is 0.0741. The number of aryl methyl sites for hydroxylation is 1. The first kappa shape index (κ1) is 31.9. The van der Waals surface area contributed by atoms with E-state index in [0.717, 1.165) is 48.2 Å². The van der Waals surface area contributed by atoms with Crippen molar-refractivity contribution >= 4 is 25.8 Å². The molecule has 222 valence electrons. The van der Waals surface area contributed by atoms with E-state index in [4.69, 9.17) is 14.6 Å². The Balaban J connectivity index is 1.72. The number of amides is 2. The second kappa shape index (κ2) is 12.9. The lowest BCUT2D eigenvalue weighted by Gasteiger charge is -2.33. The molecule has 1 aliphatic rings. The number of alkyl carbamates (subject to hydrolysis) is 1. The van der Waals surface area contributed by atoms with Gasteiger partial charge in [-0.2, -0.15) is 5.10 Å². The Morgan fingerprint density at radius 1 is 1.07 bits per heavy atom. The third kappa shape index (κ3) is 8.67. The van der Waals surface area contributed by atoms with Crippen LogP contribution in [0.3, 0.4) is 0 Å². The van der Waals surface area contributed by atoms with Gasteiger partial charge in [-0.3, -0.25) is 4.79 Å². The van der Waals surface area contributed by atoms with Gasteiger partial charge >= 0.3 is 6.09 Å². The van der Waals surface area contributed by atoms with E-state index in [0.29, 0.717) is 18.3 Å². The van der Waals surface area contributed by atoms with Crippen molar-refractivity contribution in [3.63, 3.8) is 0 Å². The number of aromatic nitrogens is 2. The van der Waals surface area contributed by atoms with Gasteiger partial charge in [-0.15, -0.1) is 0 Å². The summed E-state index contributed by atoms with van der Waals surface area (Å²) in [5, 5.41) is 10.6. The molecule has 1 aliphatic carbocycles. The van der Waals surface area contributed by atoms with Crippen LogP contribution in [0, 0.1) is 25.7 Å². The van der Waals surface area contributed by atoms with Crippen LogP contribution in [-0.2, 0) is 21.0 Å². The summed E-state index contributed by atoms with van der Waals surface area (Å²) < 4.78 is 13.5. The van der Waals surface area contributed by atoms with Crippen LogP contribution in [0.2, 0.25) is 19.6 Å². The molecule has 40 heavy (non-hydrogen) atoms. The minimum atomic E-state index is -1.39. The number of rotatable bonds is 9.